The van der Waals surface area contributed by atoms with Gasteiger partial charge in [-0.25, -0.2) is 4.98 Å². The number of nitrogen functional groups attached to an aromatic ring is 1. The summed E-state index contributed by atoms with van der Waals surface area (Å²) in [5.74, 6) is 0.236. The number of anilines is 1. The van der Waals surface area contributed by atoms with Crippen molar-refractivity contribution >= 4 is 27.5 Å². The normalized spacial score (nSPS) is 14.8. The highest BCUT2D eigenvalue weighted by atomic mass is 16.3. The minimum absolute atomic E-state index is 0.236. The largest absolute Gasteiger partial charge is 0.494 e. The van der Waals surface area contributed by atoms with E-state index in [0.29, 0.717) is 17.1 Å². The Labute approximate surface area is 151 Å². The number of aryl methyl sites for hydroxylation is 1. The fourth-order valence-corrected chi connectivity index (χ4v) is 3.89. The number of rotatable bonds is 2. The molecule has 1 aliphatic rings. The van der Waals surface area contributed by atoms with Crippen molar-refractivity contribution in [3.05, 3.63) is 48.4 Å². The highest BCUT2D eigenvalue weighted by molar-refractivity contribution is 6.12. The Balaban J connectivity index is 1.84. The molecule has 1 aromatic carbocycles. The molecule has 0 atom stereocenters. The molecule has 5 rings (SSSR count). The molecular formula is C21H20N4O. The van der Waals surface area contributed by atoms with E-state index in [4.69, 9.17) is 10.7 Å². The van der Waals surface area contributed by atoms with Crippen molar-refractivity contribution in [2.75, 3.05) is 5.73 Å². The molecule has 1 aliphatic carbocycles. The first kappa shape index (κ1) is 15.2. The first-order valence-corrected chi connectivity index (χ1v) is 8.98. The molecule has 26 heavy (non-hydrogen) atoms. The van der Waals surface area contributed by atoms with E-state index in [9.17, 15) is 5.11 Å². The van der Waals surface area contributed by atoms with Crippen molar-refractivity contribution in [1.82, 2.24) is 14.5 Å². The van der Waals surface area contributed by atoms with Gasteiger partial charge in [-0.1, -0.05) is 18.2 Å². The molecule has 130 valence electrons. The van der Waals surface area contributed by atoms with Crippen LogP contribution in [-0.4, -0.2) is 19.6 Å². The Bertz CT molecular complexity index is 1160. The summed E-state index contributed by atoms with van der Waals surface area (Å²) in [5.41, 5.74) is 11.9. The van der Waals surface area contributed by atoms with Crippen LogP contribution < -0.4 is 5.73 Å². The molecule has 4 aromatic rings. The summed E-state index contributed by atoms with van der Waals surface area (Å²) in [6.45, 7) is 2.07. The topological polar surface area (TPSA) is 77.0 Å². The van der Waals surface area contributed by atoms with E-state index >= 15 is 0 Å². The summed E-state index contributed by atoms with van der Waals surface area (Å²) in [6.07, 6.45) is 8.98. The average molecular weight is 344 g/mol. The molecule has 0 bridgehead atoms. The summed E-state index contributed by atoms with van der Waals surface area (Å²) < 4.78 is 1.94. The van der Waals surface area contributed by atoms with Gasteiger partial charge >= 0.3 is 0 Å². The highest BCUT2D eigenvalue weighted by Crippen LogP contribution is 2.43. The van der Waals surface area contributed by atoms with E-state index < -0.39 is 0 Å². The zero-order chi connectivity index (χ0) is 17.8. The second kappa shape index (κ2) is 5.46. The summed E-state index contributed by atoms with van der Waals surface area (Å²) >= 11 is 0. The van der Waals surface area contributed by atoms with Crippen LogP contribution in [0.2, 0.25) is 0 Å². The smallest absolute Gasteiger partial charge is 0.203 e. The minimum Gasteiger partial charge on any atom is -0.494 e. The van der Waals surface area contributed by atoms with Crippen LogP contribution in [-0.2, 0) is 0 Å². The van der Waals surface area contributed by atoms with Crippen LogP contribution in [0.15, 0.2) is 42.9 Å². The van der Waals surface area contributed by atoms with Crippen molar-refractivity contribution in [2.24, 2.45) is 0 Å². The third kappa shape index (κ3) is 2.03. The number of nitrogens with zero attached hydrogens (tertiary/aromatic N) is 3. The zero-order valence-corrected chi connectivity index (χ0v) is 14.6. The van der Waals surface area contributed by atoms with Gasteiger partial charge in [-0.15, -0.1) is 0 Å². The Hall–Kier alpha value is -3.08. The minimum atomic E-state index is 0.236. The molecule has 3 N–H and O–H groups in total. The fourth-order valence-electron chi connectivity index (χ4n) is 3.89. The number of fused-ring (bicyclic) bond motifs is 2. The van der Waals surface area contributed by atoms with Gasteiger partial charge in [0, 0.05) is 41.1 Å². The second-order valence-electron chi connectivity index (χ2n) is 7.12. The molecule has 3 aromatic heterocycles. The summed E-state index contributed by atoms with van der Waals surface area (Å²) in [5, 5.41) is 12.2. The summed E-state index contributed by atoms with van der Waals surface area (Å²) in [7, 11) is 0. The van der Waals surface area contributed by atoms with Crippen molar-refractivity contribution in [2.45, 2.75) is 32.2 Å². The predicted octanol–water partition coefficient (Wildman–Crippen LogP) is 4.57. The maximum absolute atomic E-state index is 10.7. The van der Waals surface area contributed by atoms with E-state index in [1.165, 1.54) is 6.42 Å². The third-order valence-corrected chi connectivity index (χ3v) is 5.61. The van der Waals surface area contributed by atoms with Crippen molar-refractivity contribution in [1.29, 1.82) is 0 Å². The van der Waals surface area contributed by atoms with Crippen molar-refractivity contribution < 1.29 is 5.11 Å². The number of aromatic nitrogens is 3. The first-order chi connectivity index (χ1) is 12.6. The Morgan fingerprint density at radius 2 is 2.04 bits per heavy atom. The van der Waals surface area contributed by atoms with Crippen LogP contribution in [0.25, 0.3) is 32.9 Å². The molecule has 3 heterocycles. The van der Waals surface area contributed by atoms with Gasteiger partial charge in [0.15, 0.2) is 0 Å². The van der Waals surface area contributed by atoms with Gasteiger partial charge in [0.25, 0.3) is 0 Å². The monoisotopic (exact) mass is 344 g/mol. The van der Waals surface area contributed by atoms with Gasteiger partial charge < -0.3 is 15.4 Å². The lowest BCUT2D eigenvalue weighted by Crippen LogP contribution is -2.15. The molecular weight excluding hydrogens is 324 g/mol. The number of nitrogens with two attached hydrogens (primary N) is 1. The summed E-state index contributed by atoms with van der Waals surface area (Å²) in [6, 6.07) is 8.34. The van der Waals surface area contributed by atoms with Gasteiger partial charge in [0.2, 0.25) is 5.88 Å². The lowest BCUT2D eigenvalue weighted by atomic mass is 9.93. The van der Waals surface area contributed by atoms with Crippen LogP contribution in [0.1, 0.15) is 30.9 Å². The molecule has 5 heteroatoms. The van der Waals surface area contributed by atoms with E-state index in [1.807, 2.05) is 41.2 Å². The highest BCUT2D eigenvalue weighted by Gasteiger charge is 2.25. The summed E-state index contributed by atoms with van der Waals surface area (Å²) in [4.78, 5) is 9.16. The third-order valence-electron chi connectivity index (χ3n) is 5.61. The Morgan fingerprint density at radius 3 is 2.77 bits per heavy atom. The van der Waals surface area contributed by atoms with Gasteiger partial charge in [0.1, 0.15) is 0 Å². The van der Waals surface area contributed by atoms with Crippen LogP contribution in [0, 0.1) is 6.92 Å². The number of aromatic hydroxyl groups is 1. The Kier molecular flexibility index (Phi) is 3.19. The standard InChI is InChI=1S/C21H20N4O/c1-12-8-9-23-10-16(12)14-6-3-7-15-19(22)18-17(24-20(14)15)11-25(21(18)26)13-4-2-5-13/h3,6-11,13,26H,2,4-5,22H2,1H3. The van der Waals surface area contributed by atoms with Gasteiger partial charge in [-0.2, -0.15) is 0 Å². The second-order valence-corrected chi connectivity index (χ2v) is 7.12. The van der Waals surface area contributed by atoms with Crippen LogP contribution >= 0.6 is 0 Å². The van der Waals surface area contributed by atoms with Crippen molar-refractivity contribution in [3.63, 3.8) is 0 Å². The van der Waals surface area contributed by atoms with Gasteiger partial charge in [-0.3, -0.25) is 4.98 Å². The molecule has 5 nitrogen and oxygen atoms in total. The predicted molar refractivity (Wildman–Crippen MR) is 104 cm³/mol. The first-order valence-electron chi connectivity index (χ1n) is 8.98. The molecule has 0 aliphatic heterocycles. The molecule has 0 amide bonds. The lowest BCUT2D eigenvalue weighted by molar-refractivity contribution is 0.283. The quantitative estimate of drug-likeness (QED) is 0.558. The average Bonchev–Trinajstić information content (AvgIpc) is 2.91. The molecule has 0 radical (unpaired) electrons. The van der Waals surface area contributed by atoms with Crippen LogP contribution in [0.4, 0.5) is 5.69 Å². The van der Waals surface area contributed by atoms with Gasteiger partial charge in [-0.05, 0) is 37.8 Å². The number of para-hydroxylation sites is 1. The maximum atomic E-state index is 10.7. The number of hydrogen-bond acceptors (Lipinski definition) is 4. The van der Waals surface area contributed by atoms with Crippen LogP contribution in [0.3, 0.4) is 0 Å². The van der Waals surface area contributed by atoms with Gasteiger partial charge in [0.05, 0.1) is 22.1 Å². The molecule has 1 fully saturated rings. The van der Waals surface area contributed by atoms with E-state index in [0.717, 1.165) is 46.0 Å². The van der Waals surface area contributed by atoms with E-state index in [1.54, 1.807) is 6.20 Å². The SMILES string of the molecule is Cc1ccncc1-c1cccc2c(N)c3c(O)n(C4CCC4)cc3nc12. The molecule has 0 saturated heterocycles. The van der Waals surface area contributed by atoms with E-state index in [2.05, 4.69) is 11.9 Å². The number of pyridine rings is 2. The zero-order valence-electron chi connectivity index (χ0n) is 14.6. The van der Waals surface area contributed by atoms with Crippen LogP contribution in [0.5, 0.6) is 5.88 Å². The lowest BCUT2D eigenvalue weighted by Gasteiger charge is -2.27. The molecule has 0 spiro atoms. The number of hydrogen-bond donors (Lipinski definition) is 2. The fraction of sp³-hybridized carbons (Fsp3) is 0.238. The number of benzene rings is 1. The Morgan fingerprint density at radius 1 is 1.19 bits per heavy atom. The molecule has 0 unspecified atom stereocenters. The van der Waals surface area contributed by atoms with Crippen molar-refractivity contribution in [3.8, 4) is 17.0 Å². The molecule has 1 saturated carbocycles. The maximum Gasteiger partial charge on any atom is 0.203 e. The van der Waals surface area contributed by atoms with E-state index in [-0.39, 0.29) is 5.88 Å².